The molecule has 0 aliphatic heterocycles. The summed E-state index contributed by atoms with van der Waals surface area (Å²) < 4.78 is 2.43. The summed E-state index contributed by atoms with van der Waals surface area (Å²) >= 11 is 0. The highest BCUT2D eigenvalue weighted by Crippen LogP contribution is 2.46. The quantitative estimate of drug-likeness (QED) is 0.136. The lowest BCUT2D eigenvalue weighted by Crippen LogP contribution is -2.11. The van der Waals surface area contributed by atoms with Crippen molar-refractivity contribution in [2.24, 2.45) is 0 Å². The van der Waals surface area contributed by atoms with E-state index in [0.29, 0.717) is 0 Å². The van der Waals surface area contributed by atoms with E-state index in [9.17, 15) is 0 Å². The summed E-state index contributed by atoms with van der Waals surface area (Å²) in [4.78, 5) is 20.2. The van der Waals surface area contributed by atoms with Crippen LogP contribution in [0.5, 0.6) is 0 Å². The summed E-state index contributed by atoms with van der Waals surface area (Å²) in [5.41, 5.74) is 12.6. The van der Waals surface area contributed by atoms with E-state index in [0.717, 1.165) is 89.5 Å². The van der Waals surface area contributed by atoms with Crippen LogP contribution in [0.2, 0.25) is 0 Å². The van der Waals surface area contributed by atoms with Crippen LogP contribution in [0.3, 0.4) is 0 Å². The van der Waals surface area contributed by atoms with Gasteiger partial charge in [0.05, 0.1) is 28.1 Å². The fourth-order valence-corrected chi connectivity index (χ4v) is 10.3. The number of benzene rings is 9. The standard InChI is InChI=1S/C63H43N7/c1-4-16-54-44(10-1)13-7-19-59(54)67(49-30-36-64-37-31-49)47-22-24-48(25-23-47)70-62-42-52(68(50-32-38-65-39-33-50)60-20-8-14-45-11-2-5-17-55(45)60)26-28-57(62)58-29-27-53(43-63(58)70)69(51-34-40-66-41-35-51)61-21-9-15-46-12-3-6-18-56(46)61/h1-43H. The van der Waals surface area contributed by atoms with Crippen molar-refractivity contribution in [1.29, 1.82) is 0 Å². The van der Waals surface area contributed by atoms with E-state index < -0.39 is 0 Å². The minimum absolute atomic E-state index is 1.02. The molecule has 0 saturated carbocycles. The zero-order chi connectivity index (χ0) is 46.4. The molecule has 7 nitrogen and oxygen atoms in total. The number of hydrogen-bond acceptors (Lipinski definition) is 6. The molecular formula is C63H43N7. The van der Waals surface area contributed by atoms with Gasteiger partial charge in [-0.1, -0.05) is 121 Å². The van der Waals surface area contributed by atoms with E-state index >= 15 is 0 Å². The molecule has 0 N–H and O–H groups in total. The van der Waals surface area contributed by atoms with E-state index in [4.69, 9.17) is 0 Å². The van der Waals surface area contributed by atoms with Gasteiger partial charge in [-0.15, -0.1) is 0 Å². The predicted molar refractivity (Wildman–Crippen MR) is 291 cm³/mol. The number of hydrogen-bond donors (Lipinski definition) is 0. The van der Waals surface area contributed by atoms with E-state index in [-0.39, 0.29) is 0 Å². The van der Waals surface area contributed by atoms with Crippen molar-refractivity contribution in [1.82, 2.24) is 19.5 Å². The maximum absolute atomic E-state index is 4.42. The number of rotatable bonds is 10. The fraction of sp³-hybridized carbons (Fsp3) is 0. The average molecular weight is 898 g/mol. The lowest BCUT2D eigenvalue weighted by Gasteiger charge is -2.27. The third kappa shape index (κ3) is 7.04. The molecule has 0 radical (unpaired) electrons. The molecule has 0 aliphatic rings. The van der Waals surface area contributed by atoms with Crippen molar-refractivity contribution in [3.63, 3.8) is 0 Å². The first-order valence-corrected chi connectivity index (χ1v) is 23.5. The van der Waals surface area contributed by atoms with Gasteiger partial charge in [0.15, 0.2) is 0 Å². The zero-order valence-electron chi connectivity index (χ0n) is 38.0. The lowest BCUT2D eigenvalue weighted by atomic mass is 10.1. The van der Waals surface area contributed by atoms with Gasteiger partial charge < -0.3 is 19.3 Å². The first-order chi connectivity index (χ1) is 34.7. The second-order valence-electron chi connectivity index (χ2n) is 17.4. The predicted octanol–water partition coefficient (Wildman–Crippen LogP) is 16.8. The Morgan fingerprint density at radius 3 is 0.957 bits per heavy atom. The Balaban J connectivity index is 1.05. The summed E-state index contributed by atoms with van der Waals surface area (Å²) in [7, 11) is 0. The van der Waals surface area contributed by atoms with Crippen LogP contribution in [-0.4, -0.2) is 19.5 Å². The molecule has 4 aromatic heterocycles. The van der Waals surface area contributed by atoms with Crippen LogP contribution in [-0.2, 0) is 0 Å². The van der Waals surface area contributed by atoms with Gasteiger partial charge in [-0.25, -0.2) is 0 Å². The molecule has 0 fully saturated rings. The van der Waals surface area contributed by atoms with Crippen molar-refractivity contribution in [3.8, 4) is 5.69 Å². The van der Waals surface area contributed by atoms with Crippen LogP contribution < -0.4 is 14.7 Å². The Hall–Kier alpha value is -9.59. The SMILES string of the molecule is c1ccc2c(N(c3ccncc3)c3ccc(-n4c5cc(N(c6ccncc6)c6cccc7ccccc67)ccc5c5ccc(N(c6ccncc6)c6cccc7ccccc67)cc54)cc3)cccc2c1. The fourth-order valence-electron chi connectivity index (χ4n) is 10.3. The van der Waals surface area contributed by atoms with Gasteiger partial charge in [0, 0.05) is 104 Å². The van der Waals surface area contributed by atoms with Crippen LogP contribution in [0.25, 0.3) is 59.8 Å². The van der Waals surface area contributed by atoms with Gasteiger partial charge in [0.25, 0.3) is 0 Å². The Kier molecular flexibility index (Phi) is 10.0. The van der Waals surface area contributed by atoms with Crippen LogP contribution in [0.15, 0.2) is 262 Å². The zero-order valence-corrected chi connectivity index (χ0v) is 38.0. The lowest BCUT2D eigenvalue weighted by molar-refractivity contribution is 1.17. The summed E-state index contributed by atoms with van der Waals surface area (Å²) in [6.07, 6.45) is 11.2. The summed E-state index contributed by atoms with van der Waals surface area (Å²) in [6.45, 7) is 0. The normalized spacial score (nSPS) is 11.4. The Bertz CT molecular complexity index is 3830. The molecule has 0 saturated heterocycles. The number of nitrogens with zero attached hydrogens (tertiary/aromatic N) is 7. The maximum Gasteiger partial charge on any atom is 0.0561 e. The highest BCUT2D eigenvalue weighted by atomic mass is 15.2. The monoisotopic (exact) mass is 897 g/mol. The molecule has 0 spiro atoms. The molecule has 7 heteroatoms. The van der Waals surface area contributed by atoms with Crippen LogP contribution in [0.1, 0.15) is 0 Å². The summed E-state index contributed by atoms with van der Waals surface area (Å²) in [5.74, 6) is 0. The Morgan fingerprint density at radius 2 is 0.571 bits per heavy atom. The molecule has 13 rings (SSSR count). The van der Waals surface area contributed by atoms with Crippen LogP contribution in [0, 0.1) is 0 Å². The molecule has 13 aromatic rings. The topological polar surface area (TPSA) is 53.3 Å². The Morgan fingerprint density at radius 1 is 0.257 bits per heavy atom. The van der Waals surface area contributed by atoms with Crippen molar-refractivity contribution < 1.29 is 0 Å². The number of anilines is 9. The first kappa shape index (κ1) is 40.7. The highest BCUT2D eigenvalue weighted by molar-refractivity contribution is 6.12. The first-order valence-electron chi connectivity index (χ1n) is 23.5. The minimum Gasteiger partial charge on any atom is -0.310 e. The second-order valence-corrected chi connectivity index (χ2v) is 17.4. The Labute approximate surface area is 405 Å². The van der Waals surface area contributed by atoms with Crippen molar-refractivity contribution in [2.75, 3.05) is 14.7 Å². The minimum atomic E-state index is 1.02. The van der Waals surface area contributed by atoms with Crippen molar-refractivity contribution in [3.05, 3.63) is 262 Å². The molecule has 0 bridgehead atoms. The summed E-state index contributed by atoms with van der Waals surface area (Å²) in [6, 6.07) is 80.5. The van der Waals surface area contributed by atoms with Gasteiger partial charge in [-0.3, -0.25) is 15.0 Å². The third-order valence-electron chi connectivity index (χ3n) is 13.4. The molecule has 9 aromatic carbocycles. The van der Waals surface area contributed by atoms with Gasteiger partial charge in [0.2, 0.25) is 0 Å². The summed E-state index contributed by atoms with van der Waals surface area (Å²) in [5, 5.41) is 9.33. The average Bonchev–Trinajstić information content (AvgIpc) is 3.75. The van der Waals surface area contributed by atoms with E-state index in [1.807, 2.05) is 37.2 Å². The molecule has 0 amide bonds. The number of pyridine rings is 3. The molecule has 4 heterocycles. The smallest absolute Gasteiger partial charge is 0.0561 e. The number of fused-ring (bicyclic) bond motifs is 6. The highest BCUT2D eigenvalue weighted by Gasteiger charge is 2.23. The maximum atomic E-state index is 4.42. The second kappa shape index (κ2) is 17.2. The number of aromatic nitrogens is 4. The largest absolute Gasteiger partial charge is 0.310 e. The van der Waals surface area contributed by atoms with E-state index in [1.54, 1.807) is 0 Å². The van der Waals surface area contributed by atoms with Crippen molar-refractivity contribution >= 4 is 105 Å². The van der Waals surface area contributed by atoms with E-state index in [1.165, 1.54) is 21.5 Å². The molecule has 0 aliphatic carbocycles. The van der Waals surface area contributed by atoms with Gasteiger partial charge >= 0.3 is 0 Å². The van der Waals surface area contributed by atoms with Gasteiger partial charge in [-0.2, -0.15) is 0 Å². The third-order valence-corrected chi connectivity index (χ3v) is 13.4. The van der Waals surface area contributed by atoms with Gasteiger partial charge in [0.1, 0.15) is 0 Å². The van der Waals surface area contributed by atoms with E-state index in [2.05, 4.69) is 259 Å². The molecule has 0 unspecified atom stereocenters. The molecular weight excluding hydrogens is 855 g/mol. The van der Waals surface area contributed by atoms with Crippen molar-refractivity contribution in [2.45, 2.75) is 0 Å². The molecule has 0 atom stereocenters. The van der Waals surface area contributed by atoms with Gasteiger partial charge in [-0.05, 0) is 119 Å². The molecule has 330 valence electrons. The van der Waals surface area contributed by atoms with Crippen LogP contribution in [0.4, 0.5) is 51.2 Å². The molecule has 70 heavy (non-hydrogen) atoms. The van der Waals surface area contributed by atoms with Crippen LogP contribution >= 0.6 is 0 Å².